The third-order valence-corrected chi connectivity index (χ3v) is 7.74. The topological polar surface area (TPSA) is 88.5 Å². The molecule has 0 atom stereocenters. The van der Waals surface area contributed by atoms with Gasteiger partial charge in [-0.2, -0.15) is 0 Å². The van der Waals surface area contributed by atoms with Gasteiger partial charge < -0.3 is 15.2 Å². The molecule has 6 nitrogen and oxygen atoms in total. The minimum atomic E-state index is -1.08. The summed E-state index contributed by atoms with van der Waals surface area (Å²) in [4.78, 5) is 28.2. The highest BCUT2D eigenvalue weighted by Gasteiger charge is 2.50. The van der Waals surface area contributed by atoms with Gasteiger partial charge in [-0.1, -0.05) is 17.7 Å². The molecule has 0 radical (unpaired) electrons. The van der Waals surface area contributed by atoms with Crippen LogP contribution >= 0.6 is 11.6 Å². The van der Waals surface area contributed by atoms with E-state index in [0.29, 0.717) is 28.3 Å². The Morgan fingerprint density at radius 3 is 2.47 bits per heavy atom. The van der Waals surface area contributed by atoms with Crippen LogP contribution in [0.15, 0.2) is 36.5 Å². The summed E-state index contributed by atoms with van der Waals surface area (Å²) >= 11 is 6.39. The zero-order valence-electron chi connectivity index (χ0n) is 17.9. The number of hydrogen-bond acceptors (Lipinski definition) is 4. The van der Waals surface area contributed by atoms with Crippen LogP contribution < -0.4 is 10.1 Å². The minimum Gasteiger partial charge on any atom is -0.479 e. The number of nitrogens with one attached hydrogen (secondary N) is 1. The molecule has 1 aromatic heterocycles. The van der Waals surface area contributed by atoms with Crippen molar-refractivity contribution in [3.8, 4) is 17.0 Å². The molecule has 2 N–H and O–H groups in total. The van der Waals surface area contributed by atoms with E-state index < -0.39 is 12.6 Å². The Balaban J connectivity index is 1.33. The van der Waals surface area contributed by atoms with Crippen molar-refractivity contribution in [3.05, 3.63) is 47.1 Å². The molecule has 32 heavy (non-hydrogen) atoms. The van der Waals surface area contributed by atoms with E-state index >= 15 is 0 Å². The predicted molar refractivity (Wildman–Crippen MR) is 121 cm³/mol. The van der Waals surface area contributed by atoms with Crippen LogP contribution in [0, 0.1) is 23.2 Å². The lowest BCUT2D eigenvalue weighted by Crippen LogP contribution is -2.51. The van der Waals surface area contributed by atoms with Gasteiger partial charge in [-0.3, -0.25) is 4.79 Å². The molecule has 4 fully saturated rings. The third kappa shape index (κ3) is 4.20. The first-order valence-corrected chi connectivity index (χ1v) is 11.7. The van der Waals surface area contributed by atoms with E-state index in [0.717, 1.165) is 17.8 Å². The Labute approximate surface area is 192 Å². The van der Waals surface area contributed by atoms with Crippen molar-refractivity contribution in [2.45, 2.75) is 38.5 Å². The normalized spacial score (nSPS) is 27.8. The van der Waals surface area contributed by atoms with Gasteiger partial charge in [0.25, 0.3) is 5.91 Å². The Bertz CT molecular complexity index is 1020. The van der Waals surface area contributed by atoms with Crippen molar-refractivity contribution in [2.24, 2.45) is 23.2 Å². The summed E-state index contributed by atoms with van der Waals surface area (Å²) in [5.41, 5.74) is 1.96. The van der Waals surface area contributed by atoms with Gasteiger partial charge in [0.2, 0.25) is 5.88 Å². The number of benzene rings is 1. The lowest BCUT2D eigenvalue weighted by atomic mass is 9.49. The van der Waals surface area contributed by atoms with Gasteiger partial charge >= 0.3 is 5.97 Å². The highest BCUT2D eigenvalue weighted by atomic mass is 35.5. The predicted octanol–water partition coefficient (Wildman–Crippen LogP) is 4.81. The lowest BCUT2D eigenvalue weighted by Gasteiger charge is -2.56. The van der Waals surface area contributed by atoms with Crippen molar-refractivity contribution in [3.63, 3.8) is 0 Å². The Morgan fingerprint density at radius 2 is 1.81 bits per heavy atom. The Morgan fingerprint density at radius 1 is 1.12 bits per heavy atom. The number of aromatic nitrogens is 1. The molecule has 0 spiro atoms. The van der Waals surface area contributed by atoms with E-state index in [9.17, 15) is 9.59 Å². The largest absolute Gasteiger partial charge is 0.479 e. The van der Waals surface area contributed by atoms with Crippen LogP contribution in [0.3, 0.4) is 0 Å². The highest BCUT2D eigenvalue weighted by Crippen LogP contribution is 2.59. The average molecular weight is 455 g/mol. The maximum atomic E-state index is 13.1. The fraction of sp³-hybridized carbons (Fsp3) is 0.480. The fourth-order valence-electron chi connectivity index (χ4n) is 6.59. The quantitative estimate of drug-likeness (QED) is 0.626. The summed E-state index contributed by atoms with van der Waals surface area (Å²) in [6.45, 7) is 0.214. The average Bonchev–Trinajstić information content (AvgIpc) is 2.76. The van der Waals surface area contributed by atoms with E-state index in [1.807, 2.05) is 0 Å². The number of hydrogen-bond donors (Lipinski definition) is 2. The van der Waals surface area contributed by atoms with E-state index in [4.69, 9.17) is 21.4 Å². The molecular formula is C25H27ClN2O4. The maximum Gasteiger partial charge on any atom is 0.341 e. The van der Waals surface area contributed by atoms with Crippen molar-refractivity contribution >= 4 is 23.5 Å². The molecule has 168 valence electrons. The molecule has 4 aliphatic rings. The van der Waals surface area contributed by atoms with Crippen molar-refractivity contribution < 1.29 is 19.4 Å². The summed E-state index contributed by atoms with van der Waals surface area (Å²) in [5, 5.41) is 12.5. The van der Waals surface area contributed by atoms with Crippen LogP contribution in [0.1, 0.15) is 48.9 Å². The number of aliphatic carboxylic acids is 1. The van der Waals surface area contributed by atoms with E-state index in [-0.39, 0.29) is 17.2 Å². The number of amides is 1. The number of carboxylic acid groups (broad SMARTS) is 1. The monoisotopic (exact) mass is 454 g/mol. The van der Waals surface area contributed by atoms with Gasteiger partial charge in [-0.15, -0.1) is 0 Å². The number of nitrogens with zero attached hydrogens (tertiary/aromatic N) is 1. The smallest absolute Gasteiger partial charge is 0.341 e. The van der Waals surface area contributed by atoms with Gasteiger partial charge in [0.15, 0.2) is 6.61 Å². The molecule has 1 aromatic carbocycles. The number of carbonyl (C=O) groups excluding carboxylic acids is 1. The second-order valence-corrected chi connectivity index (χ2v) is 10.2. The SMILES string of the molecule is O=C(O)COc1ncccc1-c1ccc(Cl)c(C(=O)NCC23CC4CC(CC(C4)C2)C3)c1. The highest BCUT2D eigenvalue weighted by molar-refractivity contribution is 6.34. The summed E-state index contributed by atoms with van der Waals surface area (Å²) < 4.78 is 5.32. The van der Waals surface area contributed by atoms with Crippen LogP contribution in [-0.4, -0.2) is 35.1 Å². The van der Waals surface area contributed by atoms with Gasteiger partial charge in [-0.05, 0) is 91.5 Å². The standard InChI is InChI=1S/C25H27ClN2O4/c26-21-4-3-18(19-2-1-5-27-24(19)32-13-22(29)30)9-20(21)23(31)28-14-25-10-15-6-16(11-25)8-17(7-15)12-25/h1-5,9,15-17H,6-8,10-14H2,(H,28,31)(H,29,30). The minimum absolute atomic E-state index is 0.176. The first-order chi connectivity index (χ1) is 15.4. The van der Waals surface area contributed by atoms with Crippen LogP contribution in [0.2, 0.25) is 5.02 Å². The lowest BCUT2D eigenvalue weighted by molar-refractivity contribution is -0.139. The Hall–Kier alpha value is -2.60. The molecule has 4 bridgehead atoms. The van der Waals surface area contributed by atoms with E-state index in [2.05, 4.69) is 10.3 Å². The fourth-order valence-corrected chi connectivity index (χ4v) is 6.80. The maximum absolute atomic E-state index is 13.1. The van der Waals surface area contributed by atoms with Crippen LogP contribution in [0.4, 0.5) is 0 Å². The van der Waals surface area contributed by atoms with E-state index in [1.54, 1.807) is 30.3 Å². The van der Waals surface area contributed by atoms with Gasteiger partial charge in [0, 0.05) is 18.3 Å². The van der Waals surface area contributed by atoms with Gasteiger partial charge in [-0.25, -0.2) is 9.78 Å². The third-order valence-electron chi connectivity index (χ3n) is 7.41. The number of rotatable bonds is 7. The van der Waals surface area contributed by atoms with Gasteiger partial charge in [0.1, 0.15) is 0 Å². The molecule has 0 unspecified atom stereocenters. The summed E-state index contributed by atoms with van der Waals surface area (Å²) in [5.74, 6) is 1.45. The zero-order chi connectivity index (χ0) is 22.3. The van der Waals surface area contributed by atoms with Crippen LogP contribution in [0.25, 0.3) is 11.1 Å². The molecular weight excluding hydrogens is 428 g/mol. The first-order valence-electron chi connectivity index (χ1n) is 11.3. The molecule has 6 rings (SSSR count). The second kappa shape index (κ2) is 8.39. The second-order valence-electron chi connectivity index (χ2n) is 9.83. The number of carboxylic acids is 1. The molecule has 1 amide bonds. The molecule has 4 aliphatic carbocycles. The first kappa shape index (κ1) is 21.3. The van der Waals surface area contributed by atoms with Crippen LogP contribution in [0.5, 0.6) is 5.88 Å². The van der Waals surface area contributed by atoms with Crippen LogP contribution in [-0.2, 0) is 4.79 Å². The zero-order valence-corrected chi connectivity index (χ0v) is 18.6. The summed E-state index contributed by atoms with van der Waals surface area (Å²) in [6, 6.07) is 8.71. The van der Waals surface area contributed by atoms with Gasteiger partial charge in [0.05, 0.1) is 10.6 Å². The number of ether oxygens (including phenoxy) is 1. The molecule has 1 heterocycles. The summed E-state index contributed by atoms with van der Waals surface area (Å²) in [6.07, 6.45) is 9.35. The van der Waals surface area contributed by atoms with Crippen molar-refractivity contribution in [1.29, 1.82) is 0 Å². The molecule has 4 saturated carbocycles. The Kier molecular flexibility index (Phi) is 5.58. The molecule has 2 aromatic rings. The molecule has 0 aliphatic heterocycles. The van der Waals surface area contributed by atoms with E-state index in [1.165, 1.54) is 44.7 Å². The number of pyridine rings is 1. The molecule has 0 saturated heterocycles. The molecule has 7 heteroatoms. The number of halogens is 1. The van der Waals surface area contributed by atoms with Crippen molar-refractivity contribution in [1.82, 2.24) is 10.3 Å². The van der Waals surface area contributed by atoms with Crippen molar-refractivity contribution in [2.75, 3.05) is 13.2 Å². The summed E-state index contributed by atoms with van der Waals surface area (Å²) in [7, 11) is 0. The number of carbonyl (C=O) groups is 2.